The van der Waals surface area contributed by atoms with Gasteiger partial charge >= 0.3 is 0 Å². The Morgan fingerprint density at radius 1 is 0.667 bits per heavy atom. The molecule has 0 aliphatic rings. The summed E-state index contributed by atoms with van der Waals surface area (Å²) in [6, 6.07) is 31.2. The van der Waals surface area contributed by atoms with Crippen molar-refractivity contribution in [2.75, 3.05) is 0 Å². The molecule has 0 unspecified atom stereocenters. The summed E-state index contributed by atoms with van der Waals surface area (Å²) in [5.74, 6) is 0. The van der Waals surface area contributed by atoms with Gasteiger partial charge in [-0.15, -0.1) is 11.3 Å². The lowest BCUT2D eigenvalue weighted by Crippen LogP contribution is -2.10. The fraction of sp³-hybridized carbons (Fsp3) is 0.143. The van der Waals surface area contributed by atoms with Gasteiger partial charge < -0.3 is 4.57 Å². The third kappa shape index (κ3) is 2.47. The number of hydrogen-bond donors (Lipinski definition) is 0. The van der Waals surface area contributed by atoms with Gasteiger partial charge in [-0.3, -0.25) is 0 Å². The van der Waals surface area contributed by atoms with Gasteiger partial charge in [0.1, 0.15) is 0 Å². The number of nitrogens with zero attached hydrogens (tertiary/aromatic N) is 1. The summed E-state index contributed by atoms with van der Waals surface area (Å²) < 4.78 is 5.17. The Hall–Kier alpha value is -3.10. The van der Waals surface area contributed by atoms with Crippen molar-refractivity contribution in [2.45, 2.75) is 26.2 Å². The maximum atomic E-state index is 2.45. The van der Waals surface area contributed by atoms with Crippen molar-refractivity contribution in [3.63, 3.8) is 0 Å². The highest BCUT2D eigenvalue weighted by molar-refractivity contribution is 7.26. The van der Waals surface area contributed by atoms with E-state index < -0.39 is 0 Å². The number of rotatable bonds is 1. The Labute approximate surface area is 180 Å². The van der Waals surface area contributed by atoms with Crippen LogP contribution in [-0.2, 0) is 5.41 Å². The average Bonchev–Trinajstić information content (AvgIpc) is 3.29. The minimum absolute atomic E-state index is 0.122. The minimum atomic E-state index is 0.122. The van der Waals surface area contributed by atoms with E-state index in [1.54, 1.807) is 0 Å². The van der Waals surface area contributed by atoms with E-state index in [4.69, 9.17) is 0 Å². The van der Waals surface area contributed by atoms with Crippen LogP contribution < -0.4 is 0 Å². The SMILES string of the molecule is CC(C)(C)c1ccc2c(c1)c1ccc3c4ccccc4sc3c1n2-c1ccccc1. The van der Waals surface area contributed by atoms with E-state index >= 15 is 0 Å². The van der Waals surface area contributed by atoms with Gasteiger partial charge in [0.05, 0.1) is 15.7 Å². The summed E-state index contributed by atoms with van der Waals surface area (Å²) in [5.41, 5.74) is 5.30. The van der Waals surface area contributed by atoms with Crippen molar-refractivity contribution < 1.29 is 0 Å². The third-order valence-corrected chi connectivity index (χ3v) is 7.35. The summed E-state index contributed by atoms with van der Waals surface area (Å²) in [5, 5.41) is 5.36. The molecular formula is C28H23NS. The largest absolute Gasteiger partial charge is 0.308 e. The molecule has 0 fully saturated rings. The lowest BCUT2D eigenvalue weighted by atomic mass is 9.86. The average molecular weight is 406 g/mol. The molecule has 0 spiro atoms. The van der Waals surface area contributed by atoms with Crippen LogP contribution in [0.5, 0.6) is 0 Å². The lowest BCUT2D eigenvalue weighted by molar-refractivity contribution is 0.591. The van der Waals surface area contributed by atoms with Gasteiger partial charge in [0.2, 0.25) is 0 Å². The molecule has 0 atom stereocenters. The van der Waals surface area contributed by atoms with Crippen molar-refractivity contribution in [2.24, 2.45) is 0 Å². The Morgan fingerprint density at radius 2 is 1.40 bits per heavy atom. The van der Waals surface area contributed by atoms with Gasteiger partial charge in [-0.25, -0.2) is 0 Å². The highest BCUT2D eigenvalue weighted by Gasteiger charge is 2.20. The summed E-state index contributed by atoms with van der Waals surface area (Å²) in [4.78, 5) is 0. The molecule has 4 aromatic carbocycles. The third-order valence-electron chi connectivity index (χ3n) is 6.15. The fourth-order valence-corrected chi connectivity index (χ4v) is 5.83. The maximum Gasteiger partial charge on any atom is 0.0719 e. The lowest BCUT2D eigenvalue weighted by Gasteiger charge is -2.19. The Bertz CT molecular complexity index is 1560. The molecule has 0 N–H and O–H groups in total. The fourth-order valence-electron chi connectivity index (χ4n) is 4.59. The smallest absolute Gasteiger partial charge is 0.0719 e. The van der Waals surface area contributed by atoms with E-state index in [1.165, 1.54) is 53.2 Å². The van der Waals surface area contributed by atoms with Crippen molar-refractivity contribution in [3.05, 3.63) is 90.5 Å². The van der Waals surface area contributed by atoms with E-state index in [2.05, 4.69) is 110 Å². The summed E-state index contributed by atoms with van der Waals surface area (Å²) in [7, 11) is 0. The van der Waals surface area contributed by atoms with Crippen LogP contribution in [0.25, 0.3) is 47.7 Å². The van der Waals surface area contributed by atoms with Crippen LogP contribution in [0.3, 0.4) is 0 Å². The molecule has 0 aliphatic heterocycles. The van der Waals surface area contributed by atoms with E-state index in [1.807, 2.05) is 11.3 Å². The zero-order valence-corrected chi connectivity index (χ0v) is 18.3. The molecule has 30 heavy (non-hydrogen) atoms. The standard InChI is InChI=1S/C28H23NS/c1-28(2,3)18-13-16-24-23(17-18)21-14-15-22-20-11-7-8-12-25(20)30-27(22)26(21)29(24)19-9-5-4-6-10-19/h4-17H,1-3H3. The number of hydrogen-bond acceptors (Lipinski definition) is 1. The normalized spacial score (nSPS) is 12.5. The van der Waals surface area contributed by atoms with Crippen molar-refractivity contribution in [1.82, 2.24) is 4.57 Å². The zero-order chi connectivity index (χ0) is 20.5. The molecule has 0 radical (unpaired) electrons. The Morgan fingerprint density at radius 3 is 2.20 bits per heavy atom. The second-order valence-corrected chi connectivity index (χ2v) is 10.1. The van der Waals surface area contributed by atoms with Crippen LogP contribution in [-0.4, -0.2) is 4.57 Å². The number of thiophene rings is 1. The molecule has 2 aromatic heterocycles. The number of para-hydroxylation sites is 1. The van der Waals surface area contributed by atoms with Gasteiger partial charge in [-0.05, 0) is 41.3 Å². The minimum Gasteiger partial charge on any atom is -0.308 e. The predicted molar refractivity (Wildman–Crippen MR) is 132 cm³/mol. The van der Waals surface area contributed by atoms with Gasteiger partial charge in [0, 0.05) is 31.9 Å². The molecule has 0 bridgehead atoms. The van der Waals surface area contributed by atoms with Crippen molar-refractivity contribution in [1.29, 1.82) is 0 Å². The summed E-state index contributed by atoms with van der Waals surface area (Å²) in [6.07, 6.45) is 0. The van der Waals surface area contributed by atoms with Crippen LogP contribution >= 0.6 is 11.3 Å². The molecule has 2 heterocycles. The number of aromatic nitrogens is 1. The summed E-state index contributed by atoms with van der Waals surface area (Å²) >= 11 is 1.90. The Kier molecular flexibility index (Phi) is 3.66. The van der Waals surface area contributed by atoms with Gasteiger partial charge in [0.25, 0.3) is 0 Å². The Balaban J connectivity index is 1.85. The summed E-state index contributed by atoms with van der Waals surface area (Å²) in [6.45, 7) is 6.86. The second kappa shape index (κ2) is 6.20. The number of fused-ring (bicyclic) bond motifs is 7. The molecule has 0 saturated carbocycles. The van der Waals surface area contributed by atoms with Crippen LogP contribution in [0.4, 0.5) is 0 Å². The van der Waals surface area contributed by atoms with E-state index in [9.17, 15) is 0 Å². The van der Waals surface area contributed by atoms with E-state index in [0.29, 0.717) is 0 Å². The molecule has 6 aromatic rings. The molecule has 6 rings (SSSR count). The topological polar surface area (TPSA) is 4.93 Å². The van der Waals surface area contributed by atoms with E-state index in [0.717, 1.165) is 0 Å². The molecule has 146 valence electrons. The maximum absolute atomic E-state index is 2.45. The van der Waals surface area contributed by atoms with Crippen LogP contribution in [0.15, 0.2) is 84.9 Å². The number of benzene rings is 4. The molecule has 0 aliphatic carbocycles. The van der Waals surface area contributed by atoms with Crippen molar-refractivity contribution >= 4 is 53.3 Å². The van der Waals surface area contributed by atoms with Gasteiger partial charge in [-0.2, -0.15) is 0 Å². The zero-order valence-electron chi connectivity index (χ0n) is 17.4. The molecule has 2 heteroatoms. The van der Waals surface area contributed by atoms with Gasteiger partial charge in [-0.1, -0.05) is 75.4 Å². The molecule has 1 nitrogen and oxygen atoms in total. The quantitative estimate of drug-likeness (QED) is 0.258. The van der Waals surface area contributed by atoms with Gasteiger partial charge in [0.15, 0.2) is 0 Å². The second-order valence-electron chi connectivity index (χ2n) is 9.09. The molecule has 0 saturated heterocycles. The van der Waals surface area contributed by atoms with Crippen LogP contribution in [0.2, 0.25) is 0 Å². The highest BCUT2D eigenvalue weighted by Crippen LogP contribution is 2.43. The van der Waals surface area contributed by atoms with Crippen molar-refractivity contribution in [3.8, 4) is 5.69 Å². The molecule has 0 amide bonds. The van der Waals surface area contributed by atoms with Crippen LogP contribution in [0.1, 0.15) is 26.3 Å². The first kappa shape index (κ1) is 17.7. The predicted octanol–water partition coefficient (Wildman–Crippen LogP) is 8.45. The first-order valence-electron chi connectivity index (χ1n) is 10.5. The monoisotopic (exact) mass is 405 g/mol. The van der Waals surface area contributed by atoms with Crippen LogP contribution in [0, 0.1) is 0 Å². The first-order valence-corrected chi connectivity index (χ1v) is 11.3. The van der Waals surface area contributed by atoms with E-state index in [-0.39, 0.29) is 5.41 Å². The molecular weight excluding hydrogens is 382 g/mol. The first-order chi connectivity index (χ1) is 14.5. The highest BCUT2D eigenvalue weighted by atomic mass is 32.1.